The van der Waals surface area contributed by atoms with E-state index >= 15 is 0 Å². The molecule has 1 unspecified atom stereocenters. The number of carbonyl (C=O) groups is 1. The molecule has 7 heteroatoms. The van der Waals surface area contributed by atoms with Crippen molar-refractivity contribution in [3.05, 3.63) is 18.0 Å². The quantitative estimate of drug-likeness (QED) is 0.690. The minimum atomic E-state index is -0.0554. The molecule has 1 aromatic rings. The third-order valence-electron chi connectivity index (χ3n) is 5.50. The zero-order valence-corrected chi connectivity index (χ0v) is 15.9. The Bertz CT molecular complexity index is 539. The van der Waals surface area contributed by atoms with E-state index in [9.17, 15) is 4.79 Å². The number of hydrogen-bond donors (Lipinski definition) is 2. The van der Waals surface area contributed by atoms with Crippen LogP contribution in [0.2, 0.25) is 0 Å². The first-order chi connectivity index (χ1) is 11.7. The highest BCUT2D eigenvalue weighted by Crippen LogP contribution is 2.43. The van der Waals surface area contributed by atoms with Gasteiger partial charge in [-0.2, -0.15) is 5.10 Å². The largest absolute Gasteiger partial charge is 0.382 e. The second-order valence-electron chi connectivity index (χ2n) is 7.16. The van der Waals surface area contributed by atoms with Crippen molar-refractivity contribution in [2.45, 2.75) is 51.5 Å². The van der Waals surface area contributed by atoms with Crippen LogP contribution in [0.1, 0.15) is 62.0 Å². The van der Waals surface area contributed by atoms with Gasteiger partial charge in [0.05, 0.1) is 6.04 Å². The van der Waals surface area contributed by atoms with Crippen molar-refractivity contribution in [1.29, 1.82) is 0 Å². The zero-order valence-electron chi connectivity index (χ0n) is 15.1. The van der Waals surface area contributed by atoms with E-state index in [0.29, 0.717) is 11.7 Å². The summed E-state index contributed by atoms with van der Waals surface area (Å²) in [6.07, 6.45) is 8.87. The molecule has 25 heavy (non-hydrogen) atoms. The highest BCUT2D eigenvalue weighted by atomic mass is 35.5. The van der Waals surface area contributed by atoms with Crippen LogP contribution in [0.4, 0.5) is 0 Å². The average molecular weight is 371 g/mol. The van der Waals surface area contributed by atoms with Crippen molar-refractivity contribution in [2.24, 2.45) is 5.41 Å². The molecule has 0 radical (unpaired) electrons. The van der Waals surface area contributed by atoms with Gasteiger partial charge in [0.25, 0.3) is 5.91 Å². The summed E-state index contributed by atoms with van der Waals surface area (Å²) >= 11 is 0. The molecule has 2 fully saturated rings. The van der Waals surface area contributed by atoms with Gasteiger partial charge in [0.15, 0.2) is 0 Å². The minimum Gasteiger partial charge on any atom is -0.382 e. The van der Waals surface area contributed by atoms with Crippen LogP contribution < -0.4 is 10.6 Å². The summed E-state index contributed by atoms with van der Waals surface area (Å²) in [6.45, 7) is 6.31. The maximum Gasteiger partial charge on any atom is 0.271 e. The number of rotatable bonds is 8. The van der Waals surface area contributed by atoms with Gasteiger partial charge in [-0.1, -0.05) is 6.42 Å². The lowest BCUT2D eigenvalue weighted by atomic mass is 9.67. The Morgan fingerprint density at radius 2 is 2.32 bits per heavy atom. The van der Waals surface area contributed by atoms with Crippen molar-refractivity contribution in [1.82, 2.24) is 20.4 Å². The van der Waals surface area contributed by atoms with Gasteiger partial charge in [-0.3, -0.25) is 9.48 Å². The van der Waals surface area contributed by atoms with Gasteiger partial charge in [-0.25, -0.2) is 0 Å². The fourth-order valence-corrected chi connectivity index (χ4v) is 3.71. The molecule has 1 aliphatic heterocycles. The maximum absolute atomic E-state index is 12.4. The van der Waals surface area contributed by atoms with Gasteiger partial charge < -0.3 is 15.4 Å². The van der Waals surface area contributed by atoms with Crippen LogP contribution in [-0.4, -0.2) is 48.5 Å². The van der Waals surface area contributed by atoms with Crippen LogP contribution >= 0.6 is 12.4 Å². The second kappa shape index (κ2) is 9.55. The lowest BCUT2D eigenvalue weighted by Gasteiger charge is -2.42. The van der Waals surface area contributed by atoms with Crippen LogP contribution in [0.25, 0.3) is 0 Å². The van der Waals surface area contributed by atoms with Crippen molar-refractivity contribution in [3.8, 4) is 0 Å². The third-order valence-corrected chi connectivity index (χ3v) is 5.50. The number of piperidine rings is 1. The molecule has 1 aromatic heterocycles. The van der Waals surface area contributed by atoms with Crippen molar-refractivity contribution in [3.63, 3.8) is 0 Å². The first-order valence-electron chi connectivity index (χ1n) is 9.34. The lowest BCUT2D eigenvalue weighted by molar-refractivity contribution is 0.0512. The lowest BCUT2D eigenvalue weighted by Crippen LogP contribution is -2.43. The molecular formula is C18H31ClN4O2. The Kier molecular flexibility index (Phi) is 7.72. The molecule has 142 valence electrons. The highest BCUT2D eigenvalue weighted by Gasteiger charge is 2.36. The molecule has 2 aliphatic rings. The molecule has 0 bridgehead atoms. The summed E-state index contributed by atoms with van der Waals surface area (Å²) in [5, 5.41) is 11.0. The van der Waals surface area contributed by atoms with Gasteiger partial charge in [0, 0.05) is 32.5 Å². The highest BCUT2D eigenvalue weighted by molar-refractivity contribution is 5.92. The Hall–Kier alpha value is -1.11. The topological polar surface area (TPSA) is 68.2 Å². The minimum absolute atomic E-state index is 0. The zero-order chi connectivity index (χ0) is 16.8. The number of nitrogens with zero attached hydrogens (tertiary/aromatic N) is 2. The van der Waals surface area contributed by atoms with Crippen molar-refractivity contribution < 1.29 is 9.53 Å². The van der Waals surface area contributed by atoms with E-state index in [2.05, 4.69) is 15.7 Å². The predicted octanol–water partition coefficient (Wildman–Crippen LogP) is 2.56. The fourth-order valence-electron chi connectivity index (χ4n) is 3.71. The molecule has 3 rings (SSSR count). The van der Waals surface area contributed by atoms with E-state index in [1.165, 1.54) is 19.3 Å². The summed E-state index contributed by atoms with van der Waals surface area (Å²) in [7, 11) is 0. The summed E-state index contributed by atoms with van der Waals surface area (Å²) < 4.78 is 7.43. The number of carbonyl (C=O) groups excluding carboxylic acids is 1. The smallest absolute Gasteiger partial charge is 0.271 e. The van der Waals surface area contributed by atoms with Gasteiger partial charge >= 0.3 is 0 Å². The van der Waals surface area contributed by atoms with E-state index in [-0.39, 0.29) is 23.7 Å². The van der Waals surface area contributed by atoms with Gasteiger partial charge in [0.1, 0.15) is 5.69 Å². The third kappa shape index (κ3) is 5.19. The monoisotopic (exact) mass is 370 g/mol. The number of ether oxygens (including phenoxy) is 1. The molecule has 6 nitrogen and oxygen atoms in total. The van der Waals surface area contributed by atoms with Crippen LogP contribution in [0, 0.1) is 5.41 Å². The molecule has 1 atom stereocenters. The first-order valence-corrected chi connectivity index (χ1v) is 9.34. The van der Waals surface area contributed by atoms with E-state index in [1.807, 2.05) is 23.9 Å². The maximum atomic E-state index is 12.4. The normalized spacial score (nSPS) is 21.9. The first kappa shape index (κ1) is 20.2. The molecule has 1 saturated carbocycles. The average Bonchev–Trinajstić information content (AvgIpc) is 3.07. The van der Waals surface area contributed by atoms with E-state index < -0.39 is 0 Å². The van der Waals surface area contributed by atoms with Gasteiger partial charge in [0.2, 0.25) is 0 Å². The van der Waals surface area contributed by atoms with Gasteiger partial charge in [-0.05, 0) is 57.1 Å². The molecule has 0 aromatic carbocycles. The van der Waals surface area contributed by atoms with E-state index in [1.54, 1.807) is 0 Å². The number of aromatic nitrogens is 2. The van der Waals surface area contributed by atoms with Crippen molar-refractivity contribution in [2.75, 3.05) is 32.8 Å². The number of nitrogens with one attached hydrogen (secondary N) is 2. The molecule has 0 spiro atoms. The predicted molar refractivity (Wildman–Crippen MR) is 100 cm³/mol. The summed E-state index contributed by atoms with van der Waals surface area (Å²) in [5.41, 5.74) is 0.764. The summed E-state index contributed by atoms with van der Waals surface area (Å²) in [4.78, 5) is 12.4. The van der Waals surface area contributed by atoms with E-state index in [4.69, 9.17) is 4.74 Å². The SMILES string of the molecule is CCOCCC1(CNC(=O)c2ccn(C3CCCNC3)n2)CCC1.Cl. The Morgan fingerprint density at radius 1 is 1.48 bits per heavy atom. The standard InChI is InChI=1S/C18H30N4O2.ClH/c1-2-24-12-9-18(7-4-8-18)14-20-17(23)16-6-11-22(21-16)15-5-3-10-19-13-15;/h6,11,15,19H,2-5,7-10,12-14H2,1H3,(H,20,23);1H. The molecular weight excluding hydrogens is 340 g/mol. The molecule has 2 N–H and O–H groups in total. The Labute approximate surface area is 156 Å². The second-order valence-corrected chi connectivity index (χ2v) is 7.16. The molecule has 2 heterocycles. The Morgan fingerprint density at radius 3 is 2.96 bits per heavy atom. The van der Waals surface area contributed by atoms with Crippen LogP contribution in [0.15, 0.2) is 12.3 Å². The fraction of sp³-hybridized carbons (Fsp3) is 0.778. The van der Waals surface area contributed by atoms with Crippen LogP contribution in [0.5, 0.6) is 0 Å². The van der Waals surface area contributed by atoms with Crippen LogP contribution in [0.3, 0.4) is 0 Å². The number of amides is 1. The number of halogens is 1. The Balaban J connectivity index is 0.00000225. The molecule has 1 aliphatic carbocycles. The summed E-state index contributed by atoms with van der Waals surface area (Å²) in [6, 6.07) is 2.20. The number of hydrogen-bond acceptors (Lipinski definition) is 4. The molecule has 1 amide bonds. The van der Waals surface area contributed by atoms with Crippen molar-refractivity contribution >= 4 is 18.3 Å². The van der Waals surface area contributed by atoms with Crippen LogP contribution in [-0.2, 0) is 4.74 Å². The van der Waals surface area contributed by atoms with E-state index in [0.717, 1.165) is 52.1 Å². The molecule has 1 saturated heterocycles. The summed E-state index contributed by atoms with van der Waals surface area (Å²) in [5.74, 6) is -0.0554. The van der Waals surface area contributed by atoms with Gasteiger partial charge in [-0.15, -0.1) is 12.4 Å².